The highest BCUT2D eigenvalue weighted by Gasteiger charge is 2.29. The zero-order valence-electron chi connectivity index (χ0n) is 20.4. The lowest BCUT2D eigenvalue weighted by Crippen LogP contribution is -2.38. The fourth-order valence-electron chi connectivity index (χ4n) is 5.80. The van der Waals surface area contributed by atoms with Gasteiger partial charge in [-0.3, -0.25) is 9.88 Å². The summed E-state index contributed by atoms with van der Waals surface area (Å²) in [5, 5.41) is 24.1. The first kappa shape index (κ1) is 25.2. The second-order valence-corrected chi connectivity index (χ2v) is 10.6. The number of halogens is 2. The van der Waals surface area contributed by atoms with Gasteiger partial charge in [0.1, 0.15) is 0 Å². The molecule has 190 valence electrons. The number of hydrogen-bond donors (Lipinski definition) is 3. The van der Waals surface area contributed by atoms with Crippen molar-refractivity contribution in [1.29, 1.82) is 0 Å². The summed E-state index contributed by atoms with van der Waals surface area (Å²) in [6.07, 6.45) is 10.4. The number of rotatable bonds is 7. The zero-order valence-corrected chi connectivity index (χ0v) is 21.1. The van der Waals surface area contributed by atoms with Crippen LogP contribution in [0.25, 0.3) is 22.0 Å². The summed E-state index contributed by atoms with van der Waals surface area (Å²) in [4.78, 5) is 7.07. The Morgan fingerprint density at radius 3 is 2.67 bits per heavy atom. The van der Waals surface area contributed by atoms with E-state index in [-0.39, 0.29) is 11.6 Å². The lowest BCUT2D eigenvalue weighted by molar-refractivity contribution is 0.130. The van der Waals surface area contributed by atoms with Crippen molar-refractivity contribution in [3.8, 4) is 16.9 Å². The van der Waals surface area contributed by atoms with E-state index in [1.807, 2.05) is 30.8 Å². The molecule has 2 heterocycles. The van der Waals surface area contributed by atoms with Crippen molar-refractivity contribution in [1.82, 2.24) is 9.88 Å². The van der Waals surface area contributed by atoms with Crippen molar-refractivity contribution < 1.29 is 14.6 Å². The van der Waals surface area contributed by atoms with E-state index in [0.29, 0.717) is 23.6 Å². The minimum atomic E-state index is -0.745. The highest BCUT2D eigenvalue weighted by Crippen LogP contribution is 2.37. The Morgan fingerprint density at radius 1 is 1.14 bits per heavy atom. The van der Waals surface area contributed by atoms with Crippen molar-refractivity contribution in [3.63, 3.8) is 0 Å². The molecule has 1 saturated carbocycles. The lowest BCUT2D eigenvalue weighted by Gasteiger charge is -2.34. The maximum absolute atomic E-state index is 14.2. The number of aliphatic hydroxyl groups is 1. The molecule has 1 aliphatic heterocycles. The summed E-state index contributed by atoms with van der Waals surface area (Å²) < 4.78 is 14.2. The van der Waals surface area contributed by atoms with E-state index in [2.05, 4.69) is 22.1 Å². The van der Waals surface area contributed by atoms with Gasteiger partial charge in [-0.2, -0.15) is 0 Å². The topological polar surface area (TPSA) is 68.6 Å². The van der Waals surface area contributed by atoms with Crippen LogP contribution in [0.1, 0.15) is 44.1 Å². The maximum atomic E-state index is 14.2. The van der Waals surface area contributed by atoms with E-state index in [4.69, 9.17) is 11.6 Å². The summed E-state index contributed by atoms with van der Waals surface area (Å²) in [7, 11) is 0. The molecule has 2 fully saturated rings. The quantitative estimate of drug-likeness (QED) is 0.353. The monoisotopic (exact) mass is 509 g/mol. The molecular formula is C29H33ClFN3O2. The molecule has 36 heavy (non-hydrogen) atoms. The van der Waals surface area contributed by atoms with Gasteiger partial charge < -0.3 is 15.5 Å². The number of nitrogens with zero attached hydrogens (tertiary/aromatic N) is 2. The molecular weight excluding hydrogens is 477 g/mol. The fraction of sp³-hybridized carbons (Fsp3) is 0.414. The molecule has 0 amide bonds. The Balaban J connectivity index is 1.36. The smallest absolute Gasteiger partial charge is 0.170 e. The van der Waals surface area contributed by atoms with Crippen LogP contribution in [0.5, 0.6) is 5.75 Å². The van der Waals surface area contributed by atoms with Crippen molar-refractivity contribution in [2.24, 2.45) is 5.92 Å². The van der Waals surface area contributed by atoms with Crippen molar-refractivity contribution in [2.75, 3.05) is 25.0 Å². The average Bonchev–Trinajstić information content (AvgIpc) is 3.35. The zero-order chi connectivity index (χ0) is 25.2. The van der Waals surface area contributed by atoms with E-state index in [9.17, 15) is 14.6 Å². The molecule has 2 aromatic carbocycles. The molecule has 5 nitrogen and oxygen atoms in total. The van der Waals surface area contributed by atoms with Crippen molar-refractivity contribution in [3.05, 3.63) is 66.3 Å². The molecule has 7 heteroatoms. The predicted octanol–water partition coefficient (Wildman–Crippen LogP) is 6.21. The van der Waals surface area contributed by atoms with Gasteiger partial charge >= 0.3 is 0 Å². The normalized spacial score (nSPS) is 22.8. The fourth-order valence-corrected chi connectivity index (χ4v) is 6.01. The largest absolute Gasteiger partial charge is 0.504 e. The van der Waals surface area contributed by atoms with Crippen molar-refractivity contribution >= 4 is 28.2 Å². The molecule has 1 atom stereocenters. The lowest BCUT2D eigenvalue weighted by atomic mass is 9.85. The number of hydrogen-bond acceptors (Lipinski definition) is 5. The van der Waals surface area contributed by atoms with Gasteiger partial charge in [-0.05, 0) is 105 Å². The third-order valence-corrected chi connectivity index (χ3v) is 8.15. The van der Waals surface area contributed by atoms with Crippen LogP contribution in [-0.4, -0.2) is 51.9 Å². The highest BCUT2D eigenvalue weighted by molar-refractivity contribution is 6.32. The van der Waals surface area contributed by atoms with E-state index < -0.39 is 11.6 Å². The number of likely N-dealkylation sites (tertiary alicyclic amines) is 1. The predicted molar refractivity (Wildman–Crippen MR) is 144 cm³/mol. The Bertz CT molecular complexity index is 1210. The molecule has 0 unspecified atom stereocenters. The standard InChI is InChI=1S/C29H33ClFN3O2/c1-2-19-15-32-27-10-7-20(21-13-25(30)29(36)26(31)14-21)12-24(27)28(19)33-22-8-5-18(6-9-22)16-34-11-3-4-23(34)17-35/h2,7,10,12-15,18,22-23,35-36H,1,3-6,8-9,11,16-17H2,(H,32,33)/t18-,22-,23-/m0/s1. The molecule has 2 aliphatic rings. The van der Waals surface area contributed by atoms with E-state index in [0.717, 1.165) is 72.9 Å². The van der Waals surface area contributed by atoms with Gasteiger partial charge in [-0.1, -0.05) is 17.7 Å². The molecule has 3 aromatic rings. The molecule has 1 saturated heterocycles. The van der Waals surface area contributed by atoms with Crippen LogP contribution in [0.2, 0.25) is 5.02 Å². The third-order valence-electron chi connectivity index (χ3n) is 7.87. The number of nitrogens with one attached hydrogen (secondary N) is 1. The van der Waals surface area contributed by atoms with Crippen molar-refractivity contribution in [2.45, 2.75) is 50.6 Å². The Morgan fingerprint density at radius 2 is 1.94 bits per heavy atom. The summed E-state index contributed by atoms with van der Waals surface area (Å²) in [5.74, 6) is -0.611. The van der Waals surface area contributed by atoms with E-state index in [1.165, 1.54) is 12.5 Å². The van der Waals surface area contributed by atoms with E-state index in [1.54, 1.807) is 6.07 Å². The summed E-state index contributed by atoms with van der Waals surface area (Å²) in [6.45, 7) is 6.45. The van der Waals surface area contributed by atoms with Crippen LogP contribution in [0.15, 0.2) is 36.5 Å². The summed E-state index contributed by atoms with van der Waals surface area (Å²) >= 11 is 6.03. The SMILES string of the molecule is [CH2][CH]c1cnc2ccc(-c3cc(F)c(O)c(Cl)c3)cc2c1N[C@H]1CC[C@H](CN2CCC[C@H]2CO)CC1. The Kier molecular flexibility index (Phi) is 7.65. The van der Waals surface area contributed by atoms with Crippen LogP contribution in [-0.2, 0) is 0 Å². The number of aliphatic hydroxyl groups excluding tert-OH is 1. The molecule has 5 rings (SSSR count). The average molecular weight is 510 g/mol. The molecule has 2 radical (unpaired) electrons. The Hall–Kier alpha value is -2.41. The number of benzene rings is 2. The maximum Gasteiger partial charge on any atom is 0.170 e. The minimum Gasteiger partial charge on any atom is -0.504 e. The molecule has 3 N–H and O–H groups in total. The summed E-state index contributed by atoms with van der Waals surface area (Å²) in [6, 6.07) is 9.36. The number of aromatic hydroxyl groups is 1. The highest BCUT2D eigenvalue weighted by atomic mass is 35.5. The van der Waals surface area contributed by atoms with Crippen LogP contribution in [0.4, 0.5) is 10.1 Å². The van der Waals surface area contributed by atoms with Gasteiger partial charge in [-0.15, -0.1) is 0 Å². The number of fused-ring (bicyclic) bond motifs is 1. The second-order valence-electron chi connectivity index (χ2n) is 10.1. The number of pyridine rings is 1. The van der Waals surface area contributed by atoms with Crippen LogP contribution in [0, 0.1) is 25.1 Å². The summed E-state index contributed by atoms with van der Waals surface area (Å²) in [5.41, 5.74) is 4.15. The first-order valence-electron chi connectivity index (χ1n) is 12.8. The first-order valence-corrected chi connectivity index (χ1v) is 13.2. The molecule has 0 bridgehead atoms. The van der Waals surface area contributed by atoms with Gasteiger partial charge in [-0.25, -0.2) is 4.39 Å². The van der Waals surface area contributed by atoms with Gasteiger partial charge in [0.2, 0.25) is 0 Å². The van der Waals surface area contributed by atoms with Crippen LogP contribution >= 0.6 is 11.6 Å². The van der Waals surface area contributed by atoms with Gasteiger partial charge in [0, 0.05) is 35.9 Å². The van der Waals surface area contributed by atoms with Gasteiger partial charge in [0.15, 0.2) is 11.6 Å². The van der Waals surface area contributed by atoms with Gasteiger partial charge in [0.05, 0.1) is 17.1 Å². The second kappa shape index (κ2) is 10.9. The third kappa shape index (κ3) is 5.17. The van der Waals surface area contributed by atoms with Crippen LogP contribution < -0.4 is 5.32 Å². The van der Waals surface area contributed by atoms with Crippen LogP contribution in [0.3, 0.4) is 0 Å². The number of phenolic OH excluding ortho intramolecular Hbond substituents is 1. The molecule has 1 aliphatic carbocycles. The van der Waals surface area contributed by atoms with Gasteiger partial charge in [0.25, 0.3) is 0 Å². The Labute approximate surface area is 217 Å². The molecule has 0 spiro atoms. The van der Waals surface area contributed by atoms with E-state index >= 15 is 0 Å². The molecule has 1 aromatic heterocycles. The number of phenols is 1. The number of aromatic nitrogens is 1. The number of anilines is 1. The first-order chi connectivity index (χ1) is 17.5. The minimum absolute atomic E-state index is 0.0163.